The molecule has 4 nitrogen and oxygen atoms in total. The van der Waals surface area contributed by atoms with E-state index in [9.17, 15) is 13.2 Å². The monoisotopic (exact) mass is 351 g/mol. The van der Waals surface area contributed by atoms with Gasteiger partial charge in [0, 0.05) is 24.5 Å². The van der Waals surface area contributed by atoms with Crippen LogP contribution in [0.5, 0.6) is 5.88 Å². The highest BCUT2D eigenvalue weighted by Crippen LogP contribution is 2.46. The first kappa shape index (κ1) is 16.4. The molecule has 7 heteroatoms. The molecule has 0 spiro atoms. The number of hydrogen-bond acceptors (Lipinski definition) is 3. The minimum atomic E-state index is -2.72. The Morgan fingerprint density at radius 1 is 1.20 bits per heavy atom. The Bertz CT molecular complexity index is 780. The normalized spacial score (nSPS) is 23.1. The molecule has 0 bridgehead atoms. The van der Waals surface area contributed by atoms with E-state index < -0.39 is 11.6 Å². The van der Waals surface area contributed by atoms with E-state index in [0.29, 0.717) is 12.3 Å². The third kappa shape index (κ3) is 2.89. The first-order valence-corrected chi connectivity index (χ1v) is 8.55. The average molecular weight is 351 g/mol. The predicted molar refractivity (Wildman–Crippen MR) is 86.6 cm³/mol. The van der Waals surface area contributed by atoms with Gasteiger partial charge in [-0.15, -0.1) is 0 Å². The number of nitrogens with zero attached hydrogens (tertiary/aromatic N) is 3. The van der Waals surface area contributed by atoms with Crippen molar-refractivity contribution in [3.63, 3.8) is 0 Å². The van der Waals surface area contributed by atoms with Gasteiger partial charge in [-0.05, 0) is 31.7 Å². The Kier molecular flexibility index (Phi) is 3.77. The van der Waals surface area contributed by atoms with Crippen LogP contribution in [0.4, 0.5) is 13.2 Å². The lowest BCUT2D eigenvalue weighted by Crippen LogP contribution is -2.35. The van der Waals surface area contributed by atoms with Crippen LogP contribution in [0.2, 0.25) is 0 Å². The van der Waals surface area contributed by atoms with Gasteiger partial charge in [-0.2, -0.15) is 0 Å². The summed E-state index contributed by atoms with van der Waals surface area (Å²) in [7, 11) is 1.55. The summed E-state index contributed by atoms with van der Waals surface area (Å²) in [5.41, 5.74) is 1.22. The van der Waals surface area contributed by atoms with E-state index in [2.05, 4.69) is 9.97 Å². The van der Waals surface area contributed by atoms with Gasteiger partial charge in [0.05, 0.1) is 37.1 Å². The Morgan fingerprint density at radius 3 is 2.68 bits per heavy atom. The molecule has 25 heavy (non-hydrogen) atoms. The van der Waals surface area contributed by atoms with Crippen molar-refractivity contribution in [3.8, 4) is 17.1 Å². The SMILES string of the molecule is COc1ccc2c(n1)C(CCC1(F)CCC(F)(F)CC1)n1cncc1-2. The van der Waals surface area contributed by atoms with E-state index in [1.807, 2.05) is 10.6 Å². The fourth-order valence-electron chi connectivity index (χ4n) is 3.92. The van der Waals surface area contributed by atoms with Gasteiger partial charge < -0.3 is 9.30 Å². The van der Waals surface area contributed by atoms with Crippen LogP contribution in [0.25, 0.3) is 11.3 Å². The van der Waals surface area contributed by atoms with Crippen LogP contribution in [0.3, 0.4) is 0 Å². The smallest absolute Gasteiger partial charge is 0.248 e. The predicted octanol–water partition coefficient (Wildman–Crippen LogP) is 4.55. The number of hydrogen-bond donors (Lipinski definition) is 0. The zero-order valence-electron chi connectivity index (χ0n) is 14.0. The molecule has 1 unspecified atom stereocenters. The Labute approximate surface area is 144 Å². The Morgan fingerprint density at radius 2 is 1.96 bits per heavy atom. The van der Waals surface area contributed by atoms with Gasteiger partial charge in [-0.25, -0.2) is 23.1 Å². The molecule has 134 valence electrons. The first-order valence-electron chi connectivity index (χ1n) is 8.55. The third-order valence-corrected chi connectivity index (χ3v) is 5.45. The second-order valence-electron chi connectivity index (χ2n) is 7.03. The molecule has 0 amide bonds. The number of aromatic nitrogens is 3. The van der Waals surface area contributed by atoms with Crippen LogP contribution >= 0.6 is 0 Å². The molecular weight excluding hydrogens is 331 g/mol. The van der Waals surface area contributed by atoms with Crippen LogP contribution < -0.4 is 4.74 Å². The summed E-state index contributed by atoms with van der Waals surface area (Å²) < 4.78 is 48.8. The molecule has 0 saturated heterocycles. The van der Waals surface area contributed by atoms with E-state index >= 15 is 0 Å². The molecule has 1 atom stereocenters. The molecule has 2 aromatic heterocycles. The van der Waals surface area contributed by atoms with Gasteiger partial charge in [0.1, 0.15) is 5.67 Å². The highest BCUT2D eigenvalue weighted by atomic mass is 19.3. The van der Waals surface area contributed by atoms with Crippen LogP contribution in [-0.4, -0.2) is 33.2 Å². The van der Waals surface area contributed by atoms with Gasteiger partial charge in [0.2, 0.25) is 11.8 Å². The lowest BCUT2D eigenvalue weighted by Gasteiger charge is -2.34. The highest BCUT2D eigenvalue weighted by molar-refractivity contribution is 5.67. The van der Waals surface area contributed by atoms with Crippen LogP contribution in [-0.2, 0) is 0 Å². The maximum Gasteiger partial charge on any atom is 0.248 e. The van der Waals surface area contributed by atoms with Crippen molar-refractivity contribution in [3.05, 3.63) is 30.4 Å². The quantitative estimate of drug-likeness (QED) is 0.811. The van der Waals surface area contributed by atoms with Crippen molar-refractivity contribution < 1.29 is 17.9 Å². The Balaban J connectivity index is 1.55. The van der Waals surface area contributed by atoms with Crippen molar-refractivity contribution in [1.29, 1.82) is 0 Å². The lowest BCUT2D eigenvalue weighted by atomic mass is 9.80. The standard InChI is InChI=1S/C18H20F3N3O/c1-25-15-3-2-12-14-10-22-11-24(14)13(16(12)23-15)4-5-17(19)6-8-18(20,21)9-7-17/h2-3,10-11,13H,4-9H2,1H3. The summed E-state index contributed by atoms with van der Waals surface area (Å²) in [6, 6.07) is 3.58. The molecule has 0 aromatic carbocycles. The fraction of sp³-hybridized carbons (Fsp3) is 0.556. The Hall–Kier alpha value is -2.05. The average Bonchev–Trinajstić information content (AvgIpc) is 3.17. The molecule has 1 saturated carbocycles. The number of fused-ring (bicyclic) bond motifs is 3. The first-order chi connectivity index (χ1) is 11.9. The summed E-state index contributed by atoms with van der Waals surface area (Å²) in [6.45, 7) is 0. The largest absolute Gasteiger partial charge is 0.481 e. The molecule has 3 heterocycles. The summed E-state index contributed by atoms with van der Waals surface area (Å²) in [6.07, 6.45) is 3.32. The summed E-state index contributed by atoms with van der Waals surface area (Å²) in [5, 5.41) is 0. The zero-order chi connectivity index (χ0) is 17.7. The molecule has 4 rings (SSSR count). The maximum atomic E-state index is 15.0. The van der Waals surface area contributed by atoms with Crippen molar-refractivity contribution >= 4 is 0 Å². The van der Waals surface area contributed by atoms with E-state index in [4.69, 9.17) is 4.74 Å². The topological polar surface area (TPSA) is 39.9 Å². The molecule has 2 aliphatic rings. The van der Waals surface area contributed by atoms with Crippen LogP contribution in [0.15, 0.2) is 24.7 Å². The van der Waals surface area contributed by atoms with Crippen molar-refractivity contribution in [1.82, 2.24) is 14.5 Å². The molecule has 0 radical (unpaired) electrons. The fourth-order valence-corrected chi connectivity index (χ4v) is 3.92. The molecule has 1 fully saturated rings. The van der Waals surface area contributed by atoms with E-state index in [-0.39, 0.29) is 38.1 Å². The third-order valence-electron chi connectivity index (χ3n) is 5.45. The molecule has 0 N–H and O–H groups in total. The number of alkyl halides is 3. The summed E-state index contributed by atoms with van der Waals surface area (Å²) in [5.74, 6) is -2.21. The van der Waals surface area contributed by atoms with Gasteiger partial charge >= 0.3 is 0 Å². The maximum absolute atomic E-state index is 15.0. The highest BCUT2D eigenvalue weighted by Gasteiger charge is 2.44. The minimum absolute atomic E-state index is 0.0814. The van der Waals surface area contributed by atoms with Crippen LogP contribution in [0.1, 0.15) is 50.3 Å². The number of methoxy groups -OCH3 is 1. The van der Waals surface area contributed by atoms with Gasteiger partial charge in [-0.3, -0.25) is 0 Å². The molecule has 1 aliphatic heterocycles. The van der Waals surface area contributed by atoms with Gasteiger partial charge in [-0.1, -0.05) is 0 Å². The zero-order valence-corrected chi connectivity index (χ0v) is 14.0. The van der Waals surface area contributed by atoms with Crippen molar-refractivity contribution in [2.75, 3.05) is 7.11 Å². The lowest BCUT2D eigenvalue weighted by molar-refractivity contribution is -0.0782. The molecule has 1 aliphatic carbocycles. The summed E-state index contributed by atoms with van der Waals surface area (Å²) in [4.78, 5) is 8.71. The number of imidazole rings is 1. The number of halogens is 3. The molecular formula is C18H20F3N3O. The van der Waals surface area contributed by atoms with Gasteiger partial charge in [0.25, 0.3) is 0 Å². The summed E-state index contributed by atoms with van der Waals surface area (Å²) >= 11 is 0. The number of pyridine rings is 1. The second kappa shape index (κ2) is 5.75. The molecule has 2 aromatic rings. The van der Waals surface area contributed by atoms with Crippen LogP contribution in [0, 0.1) is 0 Å². The number of ether oxygens (including phenoxy) is 1. The second-order valence-corrected chi connectivity index (χ2v) is 7.03. The van der Waals surface area contributed by atoms with Gasteiger partial charge in [0.15, 0.2) is 0 Å². The van der Waals surface area contributed by atoms with E-state index in [0.717, 1.165) is 17.0 Å². The number of rotatable bonds is 4. The minimum Gasteiger partial charge on any atom is -0.481 e. The van der Waals surface area contributed by atoms with E-state index in [1.54, 1.807) is 25.7 Å². The van der Waals surface area contributed by atoms with Crippen molar-refractivity contribution in [2.24, 2.45) is 0 Å². The van der Waals surface area contributed by atoms with Crippen molar-refractivity contribution in [2.45, 2.75) is 56.2 Å². The van der Waals surface area contributed by atoms with E-state index in [1.165, 1.54) is 0 Å².